The van der Waals surface area contributed by atoms with Crippen LogP contribution in [0.2, 0.25) is 5.02 Å². The highest BCUT2D eigenvalue weighted by Crippen LogP contribution is 2.32. The predicted molar refractivity (Wildman–Crippen MR) is 120 cm³/mol. The smallest absolute Gasteiger partial charge is 0.251 e. The van der Waals surface area contributed by atoms with Crippen LogP contribution >= 0.6 is 11.6 Å². The fraction of sp³-hybridized carbons (Fsp3) is 0.240. The molecule has 5 heteroatoms. The quantitative estimate of drug-likeness (QED) is 0.557. The van der Waals surface area contributed by atoms with Crippen molar-refractivity contribution < 1.29 is 9.18 Å². The second kappa shape index (κ2) is 9.41. The van der Waals surface area contributed by atoms with Crippen molar-refractivity contribution in [2.24, 2.45) is 0 Å². The lowest BCUT2D eigenvalue weighted by molar-refractivity contribution is 0.0950. The van der Waals surface area contributed by atoms with Crippen molar-refractivity contribution in [2.75, 3.05) is 26.2 Å². The van der Waals surface area contributed by atoms with Crippen molar-refractivity contribution in [1.82, 2.24) is 10.2 Å². The van der Waals surface area contributed by atoms with E-state index in [-0.39, 0.29) is 11.7 Å². The first-order valence-corrected chi connectivity index (χ1v) is 10.6. The third-order valence-electron chi connectivity index (χ3n) is 5.51. The zero-order chi connectivity index (χ0) is 20.9. The molecular formula is C25H24ClFN2O. The van der Waals surface area contributed by atoms with Gasteiger partial charge in [-0.05, 0) is 61.3 Å². The molecule has 0 atom stereocenters. The summed E-state index contributed by atoms with van der Waals surface area (Å²) >= 11 is 6.37. The lowest BCUT2D eigenvalue weighted by Crippen LogP contribution is -2.33. The lowest BCUT2D eigenvalue weighted by Gasteiger charge is -2.15. The highest BCUT2D eigenvalue weighted by Gasteiger charge is 2.14. The fourth-order valence-electron chi connectivity index (χ4n) is 3.86. The second-order valence-corrected chi connectivity index (χ2v) is 7.97. The summed E-state index contributed by atoms with van der Waals surface area (Å²) in [4.78, 5) is 14.9. The number of nitrogens with one attached hydrogen (secondary N) is 1. The summed E-state index contributed by atoms with van der Waals surface area (Å²) in [5.41, 5.74) is 3.15. The van der Waals surface area contributed by atoms with Crippen molar-refractivity contribution >= 4 is 17.5 Å². The molecule has 1 aliphatic heterocycles. The standard InChI is InChI=1S/C25H24ClFN2O/c26-23-11-9-20(25(30)28-12-15-29-13-4-5-14-29)16-22(23)19-8-10-21(24(27)17-19)18-6-2-1-3-7-18/h1-3,6-11,16-17H,4-5,12-15H2,(H,28,30). The molecule has 3 aromatic carbocycles. The highest BCUT2D eigenvalue weighted by molar-refractivity contribution is 6.33. The average Bonchev–Trinajstić information content (AvgIpc) is 3.28. The van der Waals surface area contributed by atoms with Gasteiger partial charge in [-0.2, -0.15) is 0 Å². The van der Waals surface area contributed by atoms with Gasteiger partial charge in [0.25, 0.3) is 5.91 Å². The predicted octanol–water partition coefficient (Wildman–Crippen LogP) is 5.64. The molecule has 1 heterocycles. The number of amides is 1. The van der Waals surface area contributed by atoms with Crippen LogP contribution < -0.4 is 5.32 Å². The largest absolute Gasteiger partial charge is 0.351 e. The minimum Gasteiger partial charge on any atom is -0.351 e. The van der Waals surface area contributed by atoms with Crippen LogP contribution in [0.3, 0.4) is 0 Å². The molecule has 3 nitrogen and oxygen atoms in total. The maximum Gasteiger partial charge on any atom is 0.251 e. The number of likely N-dealkylation sites (tertiary alicyclic amines) is 1. The first-order valence-electron chi connectivity index (χ1n) is 10.3. The zero-order valence-electron chi connectivity index (χ0n) is 16.7. The highest BCUT2D eigenvalue weighted by atomic mass is 35.5. The normalized spacial score (nSPS) is 14.1. The van der Waals surface area contributed by atoms with Crippen molar-refractivity contribution in [3.05, 3.63) is 83.1 Å². The topological polar surface area (TPSA) is 32.3 Å². The van der Waals surface area contributed by atoms with Crippen LogP contribution in [0.15, 0.2) is 66.7 Å². The minimum absolute atomic E-state index is 0.145. The summed E-state index contributed by atoms with van der Waals surface area (Å²) in [5.74, 6) is -0.469. The summed E-state index contributed by atoms with van der Waals surface area (Å²) in [6.45, 7) is 3.67. The molecule has 0 unspecified atom stereocenters. The third-order valence-corrected chi connectivity index (χ3v) is 5.84. The van der Waals surface area contributed by atoms with Gasteiger partial charge in [-0.3, -0.25) is 4.79 Å². The first-order chi connectivity index (χ1) is 14.6. The van der Waals surface area contributed by atoms with E-state index in [2.05, 4.69) is 10.2 Å². The van der Waals surface area contributed by atoms with E-state index in [9.17, 15) is 9.18 Å². The van der Waals surface area contributed by atoms with Gasteiger partial charge in [-0.15, -0.1) is 0 Å². The van der Waals surface area contributed by atoms with E-state index in [1.54, 1.807) is 24.3 Å². The Labute approximate surface area is 181 Å². The van der Waals surface area contributed by atoms with Crippen molar-refractivity contribution in [1.29, 1.82) is 0 Å². The molecule has 4 rings (SSSR count). The van der Waals surface area contributed by atoms with Crippen LogP contribution in [0.25, 0.3) is 22.3 Å². The molecule has 0 spiro atoms. The molecule has 0 aliphatic carbocycles. The first kappa shape index (κ1) is 20.6. The number of benzene rings is 3. The SMILES string of the molecule is O=C(NCCN1CCCC1)c1ccc(Cl)c(-c2ccc(-c3ccccc3)c(F)c2)c1. The van der Waals surface area contributed by atoms with Gasteiger partial charge in [0.2, 0.25) is 0 Å². The monoisotopic (exact) mass is 422 g/mol. The van der Waals surface area contributed by atoms with Gasteiger partial charge in [0.1, 0.15) is 5.82 Å². The molecule has 0 radical (unpaired) electrons. The molecule has 0 aromatic heterocycles. The summed E-state index contributed by atoms with van der Waals surface area (Å²) < 4.78 is 14.8. The molecule has 30 heavy (non-hydrogen) atoms. The van der Waals surface area contributed by atoms with Crippen LogP contribution in [0, 0.1) is 5.82 Å². The number of halogens is 2. The summed E-state index contributed by atoms with van der Waals surface area (Å²) in [6.07, 6.45) is 2.46. The average molecular weight is 423 g/mol. The van der Waals surface area contributed by atoms with Crippen molar-refractivity contribution in [3.8, 4) is 22.3 Å². The Bertz CT molecular complexity index is 1030. The Morgan fingerprint density at radius 2 is 1.70 bits per heavy atom. The van der Waals surface area contributed by atoms with E-state index in [1.807, 2.05) is 36.4 Å². The van der Waals surface area contributed by atoms with Gasteiger partial charge in [0.15, 0.2) is 0 Å². The van der Waals surface area contributed by atoms with Gasteiger partial charge < -0.3 is 10.2 Å². The Morgan fingerprint density at radius 3 is 2.43 bits per heavy atom. The summed E-state index contributed by atoms with van der Waals surface area (Å²) in [5, 5.41) is 3.45. The van der Waals surface area contributed by atoms with Gasteiger partial charge in [-0.25, -0.2) is 4.39 Å². The summed E-state index contributed by atoms with van der Waals surface area (Å²) in [6, 6.07) is 19.6. The number of carbonyl (C=O) groups is 1. The number of nitrogens with zero attached hydrogens (tertiary/aromatic N) is 1. The third kappa shape index (κ3) is 4.72. The Balaban J connectivity index is 1.51. The Kier molecular flexibility index (Phi) is 6.46. The number of hydrogen-bond acceptors (Lipinski definition) is 2. The van der Waals surface area contributed by atoms with Crippen molar-refractivity contribution in [2.45, 2.75) is 12.8 Å². The van der Waals surface area contributed by atoms with E-state index in [1.165, 1.54) is 18.9 Å². The molecule has 1 fully saturated rings. The fourth-order valence-corrected chi connectivity index (χ4v) is 4.08. The number of carbonyl (C=O) groups excluding carboxylic acids is 1. The van der Waals surface area contributed by atoms with Gasteiger partial charge in [0.05, 0.1) is 0 Å². The zero-order valence-corrected chi connectivity index (χ0v) is 17.5. The van der Waals surface area contributed by atoms with E-state index >= 15 is 0 Å². The van der Waals surface area contributed by atoms with Gasteiger partial charge >= 0.3 is 0 Å². The maximum absolute atomic E-state index is 14.8. The maximum atomic E-state index is 14.8. The molecular weight excluding hydrogens is 399 g/mol. The van der Waals surface area contributed by atoms with E-state index in [0.717, 1.165) is 25.2 Å². The Hall–Kier alpha value is -2.69. The number of hydrogen-bond donors (Lipinski definition) is 1. The van der Waals surface area contributed by atoms with Crippen molar-refractivity contribution in [3.63, 3.8) is 0 Å². The summed E-state index contributed by atoms with van der Waals surface area (Å²) in [7, 11) is 0. The van der Waals surface area contributed by atoms with E-state index in [0.29, 0.717) is 33.8 Å². The molecule has 0 saturated carbocycles. The van der Waals surface area contributed by atoms with Gasteiger partial charge in [-0.1, -0.05) is 54.1 Å². The molecule has 1 N–H and O–H groups in total. The van der Waals surface area contributed by atoms with Crippen LogP contribution in [0.1, 0.15) is 23.2 Å². The molecule has 0 bridgehead atoms. The van der Waals surface area contributed by atoms with Gasteiger partial charge in [0, 0.05) is 34.8 Å². The number of rotatable bonds is 6. The van der Waals surface area contributed by atoms with Crippen LogP contribution in [0.4, 0.5) is 4.39 Å². The molecule has 154 valence electrons. The Morgan fingerprint density at radius 1 is 0.933 bits per heavy atom. The molecule has 1 aliphatic rings. The second-order valence-electron chi connectivity index (χ2n) is 7.56. The molecule has 1 amide bonds. The molecule has 3 aromatic rings. The van der Waals surface area contributed by atoms with Crippen LogP contribution in [-0.4, -0.2) is 37.0 Å². The lowest BCUT2D eigenvalue weighted by atomic mass is 9.98. The molecule has 1 saturated heterocycles. The van der Waals surface area contributed by atoms with Crippen LogP contribution in [0.5, 0.6) is 0 Å². The van der Waals surface area contributed by atoms with E-state index < -0.39 is 0 Å². The van der Waals surface area contributed by atoms with Crippen LogP contribution in [-0.2, 0) is 0 Å². The minimum atomic E-state index is -0.324. The van der Waals surface area contributed by atoms with E-state index in [4.69, 9.17) is 11.6 Å².